The Morgan fingerprint density at radius 2 is 1.63 bits per heavy atom. The molecule has 0 saturated heterocycles. The summed E-state index contributed by atoms with van der Waals surface area (Å²) in [6.45, 7) is 3.53. The number of hydrogen-bond donors (Lipinski definition) is 3. The topological polar surface area (TPSA) is 112 Å². The van der Waals surface area contributed by atoms with Crippen LogP contribution in [0, 0.1) is 25.5 Å². The summed E-state index contributed by atoms with van der Waals surface area (Å²) in [4.78, 5) is 25.4. The van der Waals surface area contributed by atoms with Gasteiger partial charge in [0, 0.05) is 41.8 Å². The molecule has 3 aromatic carbocycles. The minimum atomic E-state index is -1.41. The Morgan fingerprint density at radius 1 is 0.947 bits per heavy atom. The molecule has 7 nitrogen and oxygen atoms in total. The number of hydrogen-bond acceptors (Lipinski definition) is 5. The van der Waals surface area contributed by atoms with Crippen LogP contribution in [0.5, 0.6) is 11.5 Å². The number of benzene rings is 3. The van der Waals surface area contributed by atoms with Crippen molar-refractivity contribution in [3.05, 3.63) is 128 Å². The number of H-pyrrole nitrogens is 1. The van der Waals surface area contributed by atoms with E-state index in [0.29, 0.717) is 16.7 Å². The number of aromatic amines is 1. The second kappa shape index (κ2) is 11.1. The van der Waals surface area contributed by atoms with Crippen molar-refractivity contribution in [2.24, 2.45) is 5.16 Å². The Labute approximate surface area is 216 Å². The molecule has 0 aliphatic rings. The summed E-state index contributed by atoms with van der Waals surface area (Å²) in [6.07, 6.45) is 1.56. The molecule has 38 heavy (non-hydrogen) atoms. The molecule has 0 aliphatic heterocycles. The maximum atomic E-state index is 15.6. The fraction of sp³-hybridized carbons (Fsp3) is 0.138. The first kappa shape index (κ1) is 26.3. The van der Waals surface area contributed by atoms with Gasteiger partial charge in [0.15, 0.2) is 0 Å². The number of aromatic carboxylic acids is 1. The molecular weight excluding hydrogens is 494 g/mol. The van der Waals surface area contributed by atoms with Crippen LogP contribution in [0.1, 0.15) is 50.5 Å². The summed E-state index contributed by atoms with van der Waals surface area (Å²) < 4.78 is 35.2. The summed E-state index contributed by atoms with van der Waals surface area (Å²) in [5.41, 5.74) is 2.45. The predicted molar refractivity (Wildman–Crippen MR) is 138 cm³/mol. The third-order valence-electron chi connectivity index (χ3n) is 6.26. The summed E-state index contributed by atoms with van der Waals surface area (Å²) in [5.74, 6) is -3.44. The smallest absolute Gasteiger partial charge is 0.338 e. The summed E-state index contributed by atoms with van der Waals surface area (Å²) in [5, 5.41) is 22.3. The van der Waals surface area contributed by atoms with Crippen LogP contribution in [0.2, 0.25) is 0 Å². The zero-order valence-corrected chi connectivity index (χ0v) is 20.5. The lowest BCUT2D eigenvalue weighted by atomic mass is 9.83. The number of ether oxygens (including phenoxy) is 1. The molecule has 4 aromatic rings. The lowest BCUT2D eigenvalue weighted by molar-refractivity contribution is 0.0692. The van der Waals surface area contributed by atoms with E-state index in [4.69, 9.17) is 9.84 Å². The van der Waals surface area contributed by atoms with Crippen molar-refractivity contribution in [3.8, 4) is 11.5 Å². The highest BCUT2D eigenvalue weighted by Gasteiger charge is 2.24. The van der Waals surface area contributed by atoms with E-state index in [1.165, 1.54) is 24.4 Å². The number of carbonyl (C=O) groups is 1. The van der Waals surface area contributed by atoms with Gasteiger partial charge in [-0.05, 0) is 54.8 Å². The van der Waals surface area contributed by atoms with Gasteiger partial charge in [0.2, 0.25) is 0 Å². The molecule has 0 radical (unpaired) electrons. The molecule has 0 bridgehead atoms. The minimum absolute atomic E-state index is 0.0123. The molecule has 0 aliphatic carbocycles. The SMILES string of the molecule is Cc1ccccc1C(C/C(=N\O)c1c[nH]c(=O)c(C)c1)c1ccc(Oc2ccc(C(=O)O)c(F)c2)cc1F. The highest BCUT2D eigenvalue weighted by atomic mass is 19.1. The highest BCUT2D eigenvalue weighted by molar-refractivity contribution is 6.00. The maximum Gasteiger partial charge on any atom is 0.338 e. The quantitative estimate of drug-likeness (QED) is 0.147. The van der Waals surface area contributed by atoms with E-state index >= 15 is 4.39 Å². The third kappa shape index (κ3) is 5.62. The van der Waals surface area contributed by atoms with Gasteiger partial charge in [-0.25, -0.2) is 13.6 Å². The lowest BCUT2D eigenvalue weighted by Gasteiger charge is -2.22. The zero-order valence-electron chi connectivity index (χ0n) is 20.5. The molecule has 0 spiro atoms. The Morgan fingerprint density at radius 3 is 2.24 bits per heavy atom. The van der Waals surface area contributed by atoms with E-state index in [2.05, 4.69) is 10.1 Å². The second-order valence-corrected chi connectivity index (χ2v) is 8.79. The average Bonchev–Trinajstić information content (AvgIpc) is 2.88. The Balaban J connectivity index is 1.70. The van der Waals surface area contributed by atoms with Crippen molar-refractivity contribution in [1.82, 2.24) is 4.98 Å². The van der Waals surface area contributed by atoms with Gasteiger partial charge in [-0.3, -0.25) is 4.79 Å². The number of carboxylic acid groups (broad SMARTS) is 1. The normalized spacial score (nSPS) is 12.3. The first-order valence-corrected chi connectivity index (χ1v) is 11.6. The Kier molecular flexibility index (Phi) is 7.66. The standard InChI is InChI=1S/C29H24F2N2O5/c1-16-5-3-4-6-21(16)24(14-27(33-37)18-11-17(2)28(34)32-15-18)22-9-7-19(12-25(22)30)38-20-8-10-23(29(35)36)26(31)13-20/h3-13,15,24,37H,14H2,1-2H3,(H,32,34)(H,35,36)/b33-27+. The first-order valence-electron chi connectivity index (χ1n) is 11.6. The van der Waals surface area contributed by atoms with E-state index in [-0.39, 0.29) is 29.2 Å². The molecule has 194 valence electrons. The molecule has 1 aromatic heterocycles. The third-order valence-corrected chi connectivity index (χ3v) is 6.26. The molecule has 4 rings (SSSR count). The predicted octanol–water partition coefficient (Wildman–Crippen LogP) is 6.16. The fourth-order valence-electron chi connectivity index (χ4n) is 4.26. The van der Waals surface area contributed by atoms with Crippen LogP contribution in [0.15, 0.2) is 82.9 Å². The van der Waals surface area contributed by atoms with Gasteiger partial charge >= 0.3 is 5.97 Å². The number of oxime groups is 1. The largest absolute Gasteiger partial charge is 0.478 e. The number of nitrogens with one attached hydrogen (secondary N) is 1. The van der Waals surface area contributed by atoms with E-state index in [9.17, 15) is 19.2 Å². The maximum absolute atomic E-state index is 15.6. The number of carboxylic acids is 1. The van der Waals surface area contributed by atoms with Crippen LogP contribution >= 0.6 is 0 Å². The van der Waals surface area contributed by atoms with Gasteiger partial charge in [0.1, 0.15) is 23.1 Å². The highest BCUT2D eigenvalue weighted by Crippen LogP contribution is 2.35. The Hall–Kier alpha value is -4.79. The van der Waals surface area contributed by atoms with Crippen molar-refractivity contribution in [3.63, 3.8) is 0 Å². The van der Waals surface area contributed by atoms with Gasteiger partial charge in [-0.15, -0.1) is 0 Å². The molecule has 0 saturated carbocycles. The second-order valence-electron chi connectivity index (χ2n) is 8.79. The van der Waals surface area contributed by atoms with Crippen molar-refractivity contribution < 1.29 is 28.6 Å². The molecular formula is C29H24F2N2O5. The number of nitrogens with zero attached hydrogens (tertiary/aromatic N) is 1. The van der Waals surface area contributed by atoms with Crippen LogP contribution in [-0.4, -0.2) is 27.0 Å². The summed E-state index contributed by atoms with van der Waals surface area (Å²) in [7, 11) is 0. The first-order chi connectivity index (χ1) is 18.2. The molecule has 0 amide bonds. The molecule has 9 heteroatoms. The van der Waals surface area contributed by atoms with E-state index in [0.717, 1.165) is 29.3 Å². The van der Waals surface area contributed by atoms with Crippen molar-refractivity contribution in [2.45, 2.75) is 26.2 Å². The van der Waals surface area contributed by atoms with Crippen LogP contribution < -0.4 is 10.3 Å². The number of halogens is 2. The van der Waals surface area contributed by atoms with Crippen LogP contribution in [-0.2, 0) is 0 Å². The number of aromatic nitrogens is 1. The van der Waals surface area contributed by atoms with Crippen LogP contribution in [0.3, 0.4) is 0 Å². The van der Waals surface area contributed by atoms with Crippen molar-refractivity contribution >= 4 is 11.7 Å². The van der Waals surface area contributed by atoms with E-state index in [1.54, 1.807) is 13.0 Å². The zero-order chi connectivity index (χ0) is 27.4. The molecule has 1 atom stereocenters. The molecule has 1 unspecified atom stereocenters. The lowest BCUT2D eigenvalue weighted by Crippen LogP contribution is -2.16. The number of pyridine rings is 1. The van der Waals surface area contributed by atoms with Crippen LogP contribution in [0.4, 0.5) is 8.78 Å². The average molecular weight is 519 g/mol. The summed E-state index contributed by atoms with van der Waals surface area (Å²) >= 11 is 0. The summed E-state index contributed by atoms with van der Waals surface area (Å²) in [6, 6.07) is 16.5. The van der Waals surface area contributed by atoms with E-state index in [1.807, 2.05) is 31.2 Å². The molecule has 1 heterocycles. The van der Waals surface area contributed by atoms with Crippen molar-refractivity contribution in [1.29, 1.82) is 0 Å². The molecule has 0 fully saturated rings. The van der Waals surface area contributed by atoms with Gasteiger partial charge in [0.25, 0.3) is 5.56 Å². The monoisotopic (exact) mass is 518 g/mol. The van der Waals surface area contributed by atoms with Gasteiger partial charge in [0.05, 0.1) is 11.3 Å². The fourth-order valence-corrected chi connectivity index (χ4v) is 4.26. The molecule has 3 N–H and O–H groups in total. The van der Waals surface area contributed by atoms with Gasteiger partial charge in [-0.2, -0.15) is 0 Å². The minimum Gasteiger partial charge on any atom is -0.478 e. The van der Waals surface area contributed by atoms with E-state index < -0.39 is 29.1 Å². The van der Waals surface area contributed by atoms with Crippen LogP contribution in [0.25, 0.3) is 0 Å². The van der Waals surface area contributed by atoms with Gasteiger partial charge in [-0.1, -0.05) is 35.5 Å². The number of aryl methyl sites for hydroxylation is 2. The Bertz CT molecular complexity index is 1600. The van der Waals surface area contributed by atoms with Gasteiger partial charge < -0.3 is 20.0 Å². The van der Waals surface area contributed by atoms with Crippen molar-refractivity contribution in [2.75, 3.05) is 0 Å². The number of rotatable bonds is 8.